The molecule has 16 heavy (non-hydrogen) atoms. The van der Waals surface area contributed by atoms with Crippen molar-refractivity contribution in [2.45, 2.75) is 0 Å². The predicted molar refractivity (Wildman–Crippen MR) is 53.4 cm³/mol. The average Bonchev–Trinajstić information content (AvgIpc) is 2.19. The molecular weight excluding hydrogens is 217 g/mol. The Morgan fingerprint density at radius 2 is 1.31 bits per heavy atom. The summed E-state index contributed by atoms with van der Waals surface area (Å²) >= 11 is 0. The molecule has 0 amide bonds. The van der Waals surface area contributed by atoms with Gasteiger partial charge in [0.1, 0.15) is 23.2 Å². The third-order valence-electron chi connectivity index (χ3n) is 2.17. The first-order valence-corrected chi connectivity index (χ1v) is 4.52. The maximum absolute atomic E-state index is 13.4. The number of aromatic hydroxyl groups is 1. The van der Waals surface area contributed by atoms with E-state index < -0.39 is 17.5 Å². The molecule has 0 saturated heterocycles. The van der Waals surface area contributed by atoms with Crippen LogP contribution in [0.5, 0.6) is 5.75 Å². The summed E-state index contributed by atoms with van der Waals surface area (Å²) in [5, 5.41) is 9.00. The second kappa shape index (κ2) is 3.89. The summed E-state index contributed by atoms with van der Waals surface area (Å²) in [6.07, 6.45) is 0. The lowest BCUT2D eigenvalue weighted by atomic mass is 10.0. The van der Waals surface area contributed by atoms with Crippen molar-refractivity contribution in [1.29, 1.82) is 0 Å². The molecule has 0 radical (unpaired) electrons. The molecule has 0 unspecified atom stereocenters. The van der Waals surface area contributed by atoms with Crippen molar-refractivity contribution in [3.63, 3.8) is 0 Å². The van der Waals surface area contributed by atoms with E-state index in [1.807, 2.05) is 0 Å². The standard InChI is InChI=1S/C12H7F3O/c13-7-1-3-9(11(14)5-7)10-4-2-8(16)6-12(10)15/h1-6,16H. The van der Waals surface area contributed by atoms with E-state index in [0.29, 0.717) is 6.07 Å². The zero-order valence-corrected chi connectivity index (χ0v) is 8.05. The Labute approximate surface area is 89.8 Å². The molecule has 0 bridgehead atoms. The van der Waals surface area contributed by atoms with Gasteiger partial charge in [0, 0.05) is 23.3 Å². The number of hydrogen-bond acceptors (Lipinski definition) is 1. The summed E-state index contributed by atoms with van der Waals surface area (Å²) in [7, 11) is 0. The molecular formula is C12H7F3O. The molecule has 4 heteroatoms. The van der Waals surface area contributed by atoms with E-state index in [9.17, 15) is 13.2 Å². The van der Waals surface area contributed by atoms with Crippen molar-refractivity contribution in [2.75, 3.05) is 0 Å². The van der Waals surface area contributed by atoms with Crippen molar-refractivity contribution >= 4 is 0 Å². The highest BCUT2D eigenvalue weighted by molar-refractivity contribution is 5.65. The van der Waals surface area contributed by atoms with E-state index in [-0.39, 0.29) is 16.9 Å². The van der Waals surface area contributed by atoms with Gasteiger partial charge in [0.15, 0.2) is 0 Å². The maximum atomic E-state index is 13.4. The highest BCUT2D eigenvalue weighted by Crippen LogP contribution is 2.28. The van der Waals surface area contributed by atoms with Gasteiger partial charge >= 0.3 is 0 Å². The molecule has 0 saturated carbocycles. The Morgan fingerprint density at radius 1 is 0.750 bits per heavy atom. The molecule has 1 N–H and O–H groups in total. The van der Waals surface area contributed by atoms with E-state index in [2.05, 4.69) is 0 Å². The third-order valence-corrected chi connectivity index (χ3v) is 2.17. The van der Waals surface area contributed by atoms with E-state index in [1.54, 1.807) is 0 Å². The van der Waals surface area contributed by atoms with Crippen LogP contribution < -0.4 is 0 Å². The molecule has 1 nitrogen and oxygen atoms in total. The zero-order valence-electron chi connectivity index (χ0n) is 8.05. The van der Waals surface area contributed by atoms with Gasteiger partial charge in [0.05, 0.1) is 0 Å². The molecule has 2 rings (SSSR count). The van der Waals surface area contributed by atoms with Gasteiger partial charge in [-0.1, -0.05) is 0 Å². The number of halogens is 3. The van der Waals surface area contributed by atoms with Gasteiger partial charge < -0.3 is 5.11 Å². The zero-order chi connectivity index (χ0) is 11.7. The van der Waals surface area contributed by atoms with Crippen LogP contribution in [-0.4, -0.2) is 5.11 Å². The smallest absolute Gasteiger partial charge is 0.134 e. The van der Waals surface area contributed by atoms with Crippen LogP contribution in [0.2, 0.25) is 0 Å². The van der Waals surface area contributed by atoms with Crippen LogP contribution in [0.4, 0.5) is 13.2 Å². The first-order valence-electron chi connectivity index (χ1n) is 4.52. The van der Waals surface area contributed by atoms with Crippen LogP contribution in [0.25, 0.3) is 11.1 Å². The Kier molecular flexibility index (Phi) is 2.56. The lowest BCUT2D eigenvalue weighted by Gasteiger charge is -2.05. The Morgan fingerprint density at radius 3 is 1.88 bits per heavy atom. The fraction of sp³-hybridized carbons (Fsp3) is 0. The summed E-state index contributed by atoms with van der Waals surface area (Å²) in [6, 6.07) is 6.23. The third kappa shape index (κ3) is 1.86. The second-order valence-corrected chi connectivity index (χ2v) is 3.29. The first kappa shape index (κ1) is 10.5. The molecule has 0 aliphatic heterocycles. The summed E-state index contributed by atoms with van der Waals surface area (Å²) in [5.41, 5.74) is -0.0609. The highest BCUT2D eigenvalue weighted by atomic mass is 19.1. The summed E-state index contributed by atoms with van der Waals surface area (Å²) in [5.74, 6) is -2.57. The van der Waals surface area contributed by atoms with Gasteiger partial charge in [-0.3, -0.25) is 0 Å². The minimum Gasteiger partial charge on any atom is -0.508 e. The SMILES string of the molecule is Oc1ccc(-c2ccc(F)cc2F)c(F)c1. The molecule has 0 heterocycles. The van der Waals surface area contributed by atoms with E-state index >= 15 is 0 Å². The van der Waals surface area contributed by atoms with Gasteiger partial charge in [0.2, 0.25) is 0 Å². The molecule has 0 aliphatic carbocycles. The molecule has 0 atom stereocenters. The van der Waals surface area contributed by atoms with E-state index in [1.165, 1.54) is 12.1 Å². The van der Waals surface area contributed by atoms with Crippen LogP contribution in [0.1, 0.15) is 0 Å². The number of benzene rings is 2. The fourth-order valence-corrected chi connectivity index (χ4v) is 1.43. The van der Waals surface area contributed by atoms with Crippen LogP contribution >= 0.6 is 0 Å². The van der Waals surface area contributed by atoms with Gasteiger partial charge in [0.25, 0.3) is 0 Å². The topological polar surface area (TPSA) is 20.2 Å². The number of phenols is 1. The van der Waals surface area contributed by atoms with Crippen LogP contribution in [0.15, 0.2) is 36.4 Å². The van der Waals surface area contributed by atoms with Gasteiger partial charge in [-0.15, -0.1) is 0 Å². The molecule has 0 aliphatic rings. The number of phenolic OH excluding ortho intramolecular Hbond substituents is 1. The second-order valence-electron chi connectivity index (χ2n) is 3.29. The molecule has 2 aromatic rings. The van der Waals surface area contributed by atoms with Crippen molar-refractivity contribution in [2.24, 2.45) is 0 Å². The Bertz CT molecular complexity index is 488. The van der Waals surface area contributed by atoms with Gasteiger partial charge in [-0.25, -0.2) is 13.2 Å². The molecule has 0 fully saturated rings. The predicted octanol–water partition coefficient (Wildman–Crippen LogP) is 3.48. The van der Waals surface area contributed by atoms with E-state index in [0.717, 1.165) is 18.2 Å². The minimum atomic E-state index is -0.843. The number of hydrogen-bond donors (Lipinski definition) is 1. The van der Waals surface area contributed by atoms with Crippen molar-refractivity contribution in [1.82, 2.24) is 0 Å². The monoisotopic (exact) mass is 224 g/mol. The molecule has 2 aromatic carbocycles. The molecule has 0 spiro atoms. The Balaban J connectivity index is 2.59. The Hall–Kier alpha value is -1.97. The largest absolute Gasteiger partial charge is 0.508 e. The van der Waals surface area contributed by atoms with Gasteiger partial charge in [-0.05, 0) is 24.3 Å². The quantitative estimate of drug-likeness (QED) is 0.786. The van der Waals surface area contributed by atoms with Crippen LogP contribution in [0, 0.1) is 17.5 Å². The fourth-order valence-electron chi connectivity index (χ4n) is 1.43. The van der Waals surface area contributed by atoms with Gasteiger partial charge in [-0.2, -0.15) is 0 Å². The average molecular weight is 224 g/mol. The summed E-state index contributed by atoms with van der Waals surface area (Å²) < 4.78 is 39.4. The van der Waals surface area contributed by atoms with Crippen molar-refractivity contribution in [3.8, 4) is 16.9 Å². The molecule has 82 valence electrons. The summed E-state index contributed by atoms with van der Waals surface area (Å²) in [6.45, 7) is 0. The lowest BCUT2D eigenvalue weighted by Crippen LogP contribution is -1.89. The lowest BCUT2D eigenvalue weighted by molar-refractivity contribution is 0.469. The molecule has 0 aromatic heterocycles. The highest BCUT2D eigenvalue weighted by Gasteiger charge is 2.11. The van der Waals surface area contributed by atoms with E-state index in [4.69, 9.17) is 5.11 Å². The maximum Gasteiger partial charge on any atom is 0.134 e. The van der Waals surface area contributed by atoms with Crippen molar-refractivity contribution < 1.29 is 18.3 Å². The van der Waals surface area contributed by atoms with Crippen LogP contribution in [0.3, 0.4) is 0 Å². The van der Waals surface area contributed by atoms with Crippen LogP contribution in [-0.2, 0) is 0 Å². The number of rotatable bonds is 1. The first-order chi connectivity index (χ1) is 7.58. The van der Waals surface area contributed by atoms with Crippen molar-refractivity contribution in [3.05, 3.63) is 53.8 Å². The normalized spacial score (nSPS) is 10.4. The minimum absolute atomic E-state index is 0.0182. The summed E-state index contributed by atoms with van der Waals surface area (Å²) in [4.78, 5) is 0.